The number of allylic oxidation sites excluding steroid dienone is 2. The molecule has 0 spiro atoms. The monoisotopic (exact) mass is 747 g/mol. The third-order valence-corrected chi connectivity index (χ3v) is 15.6. The summed E-state index contributed by atoms with van der Waals surface area (Å²) < 4.78 is 0. The summed E-state index contributed by atoms with van der Waals surface area (Å²) in [5.74, 6) is 2.03. The number of fused-ring (bicyclic) bond motifs is 7. The number of carboxylic acids is 1. The molecule has 1 aliphatic heterocycles. The zero-order valence-corrected chi connectivity index (χ0v) is 34.8. The molecule has 5 nitrogen and oxygen atoms in total. The molecule has 0 bridgehead atoms. The molecular weight excluding hydrogens is 677 g/mol. The average Bonchev–Trinajstić information content (AvgIpc) is 3.62. The summed E-state index contributed by atoms with van der Waals surface area (Å²) in [5, 5.41) is 13.2. The lowest BCUT2D eigenvalue weighted by Gasteiger charge is -2.72. The second-order valence-corrected chi connectivity index (χ2v) is 17.6. The van der Waals surface area contributed by atoms with Crippen LogP contribution in [0.25, 0.3) is 5.57 Å². The number of hydrogen-bond acceptors (Lipinski definition) is 3. The SMILES string of the molecule is C#C.C#C.C#C.C#C.C=C.CC1(C)C(c2ccc(C(=O)O)cc2)=CC[C@@]2(C)C1CC[C@]1(C)C2CC[C@@H]2C3CCC[C@]3(NC(=O)CN3CCCCC3)CC[C@]21C. The highest BCUT2D eigenvalue weighted by Crippen LogP contribution is 2.76. The minimum absolute atomic E-state index is 0.0159. The van der Waals surface area contributed by atoms with Gasteiger partial charge in [0.2, 0.25) is 5.91 Å². The van der Waals surface area contributed by atoms with Crippen molar-refractivity contribution in [2.24, 2.45) is 45.3 Å². The largest absolute Gasteiger partial charge is 0.478 e. The van der Waals surface area contributed by atoms with Crippen LogP contribution in [-0.4, -0.2) is 47.1 Å². The van der Waals surface area contributed by atoms with E-state index in [2.05, 4.69) is 115 Å². The van der Waals surface area contributed by atoms with Gasteiger partial charge in [-0.2, -0.15) is 0 Å². The first-order valence-corrected chi connectivity index (χ1v) is 20.3. The molecule has 8 atom stereocenters. The van der Waals surface area contributed by atoms with E-state index in [1.165, 1.54) is 81.8 Å². The molecule has 1 heterocycles. The van der Waals surface area contributed by atoms with Crippen LogP contribution in [-0.2, 0) is 4.79 Å². The number of benzene rings is 1. The van der Waals surface area contributed by atoms with E-state index in [1.807, 2.05) is 12.1 Å². The average molecular weight is 747 g/mol. The Morgan fingerprint density at radius 2 is 1.33 bits per heavy atom. The van der Waals surface area contributed by atoms with Crippen LogP contribution in [0.4, 0.5) is 0 Å². The van der Waals surface area contributed by atoms with Crippen molar-refractivity contribution in [1.82, 2.24) is 10.2 Å². The number of rotatable bonds is 5. The van der Waals surface area contributed by atoms with Gasteiger partial charge in [-0.05, 0) is 152 Å². The highest BCUT2D eigenvalue weighted by atomic mass is 16.4. The molecule has 5 heteroatoms. The number of aromatic carboxylic acids is 1. The van der Waals surface area contributed by atoms with Crippen LogP contribution in [0.2, 0.25) is 0 Å². The third-order valence-electron chi connectivity index (χ3n) is 15.6. The standard InChI is InChI=1S/C40H58N2O3.C2H4.4C2H2/c1-36(2)29(27-11-13-28(14-12-27)35(44)45)17-20-37(3)32(36)18-21-39(5)33(37)16-15-30-31-10-9-19-40(31,23-22-38(30,39)4)41-34(43)26-42-24-7-6-8-25-42;5*1-2/h11-14,17,30-33H,6-10,15-16,18-26H2,1-5H3,(H,41,43)(H,44,45);1-2H2;4*1-2H/t30-,31?,32?,33?,37+,38-,39-,40+;;;;;/m1...../s1. The molecule has 0 aromatic heterocycles. The van der Waals surface area contributed by atoms with Crippen molar-refractivity contribution in [1.29, 1.82) is 0 Å². The van der Waals surface area contributed by atoms with Crippen LogP contribution in [0.1, 0.15) is 134 Å². The summed E-state index contributed by atoms with van der Waals surface area (Å²) in [6.07, 6.45) is 50.7. The van der Waals surface area contributed by atoms with E-state index in [1.54, 1.807) is 12.1 Å². The highest BCUT2D eigenvalue weighted by Gasteiger charge is 2.69. The topological polar surface area (TPSA) is 69.6 Å². The number of carbonyl (C=O) groups excluding carboxylic acids is 1. The van der Waals surface area contributed by atoms with Gasteiger partial charge >= 0.3 is 5.97 Å². The molecule has 0 radical (unpaired) electrons. The molecule has 1 amide bonds. The van der Waals surface area contributed by atoms with Crippen molar-refractivity contribution in [3.05, 3.63) is 54.6 Å². The van der Waals surface area contributed by atoms with Crippen LogP contribution < -0.4 is 5.32 Å². The van der Waals surface area contributed by atoms with E-state index in [4.69, 9.17) is 0 Å². The van der Waals surface area contributed by atoms with Crippen LogP contribution in [0, 0.1) is 96.7 Å². The van der Waals surface area contributed by atoms with Gasteiger partial charge in [0.05, 0.1) is 12.1 Å². The van der Waals surface area contributed by atoms with Crippen molar-refractivity contribution in [2.75, 3.05) is 19.6 Å². The normalized spacial score (nSPS) is 34.9. The molecule has 5 fully saturated rings. The second-order valence-electron chi connectivity index (χ2n) is 17.6. The molecule has 1 saturated heterocycles. The number of terminal acetylenes is 4. The first-order valence-electron chi connectivity index (χ1n) is 20.3. The van der Waals surface area contributed by atoms with E-state index < -0.39 is 5.97 Å². The Bertz CT molecular complexity index is 1530. The van der Waals surface area contributed by atoms with Crippen molar-refractivity contribution < 1.29 is 14.7 Å². The zero-order chi connectivity index (χ0) is 41.8. The second kappa shape index (κ2) is 19.6. The number of amides is 1. The molecule has 3 unspecified atom stereocenters. The molecule has 1 aromatic carbocycles. The molecule has 4 saturated carbocycles. The Morgan fingerprint density at radius 3 is 1.91 bits per heavy atom. The number of likely N-dealkylation sites (tertiary alicyclic amines) is 1. The number of hydrogen-bond donors (Lipinski definition) is 2. The Hall–Kier alpha value is -4.16. The van der Waals surface area contributed by atoms with E-state index in [0.717, 1.165) is 25.9 Å². The van der Waals surface area contributed by atoms with Gasteiger partial charge in [-0.25, -0.2) is 4.79 Å². The Labute approximate surface area is 336 Å². The van der Waals surface area contributed by atoms with E-state index in [0.29, 0.717) is 46.6 Å². The maximum Gasteiger partial charge on any atom is 0.335 e. The summed E-state index contributed by atoms with van der Waals surface area (Å²) in [6, 6.07) is 7.59. The van der Waals surface area contributed by atoms with Crippen molar-refractivity contribution >= 4 is 17.4 Å². The summed E-state index contributed by atoms with van der Waals surface area (Å²) >= 11 is 0. The molecule has 55 heavy (non-hydrogen) atoms. The molecule has 6 aliphatic rings. The molecule has 7 rings (SSSR count). The van der Waals surface area contributed by atoms with Crippen molar-refractivity contribution in [2.45, 2.75) is 124 Å². The molecule has 2 N–H and O–H groups in total. The predicted octanol–water partition coefficient (Wildman–Crippen LogP) is 10.4. The Morgan fingerprint density at radius 1 is 0.727 bits per heavy atom. The number of piperidine rings is 1. The van der Waals surface area contributed by atoms with E-state index >= 15 is 0 Å². The smallest absolute Gasteiger partial charge is 0.335 e. The van der Waals surface area contributed by atoms with Gasteiger partial charge in [-0.1, -0.05) is 65.7 Å². The maximum atomic E-state index is 13.5. The van der Waals surface area contributed by atoms with Crippen LogP contribution in [0.5, 0.6) is 0 Å². The maximum absolute atomic E-state index is 13.5. The van der Waals surface area contributed by atoms with Gasteiger partial charge in [0.1, 0.15) is 0 Å². The van der Waals surface area contributed by atoms with E-state index in [-0.39, 0.29) is 22.3 Å². The van der Waals surface area contributed by atoms with Crippen LogP contribution in [0.3, 0.4) is 0 Å². The minimum Gasteiger partial charge on any atom is -0.478 e. The fourth-order valence-electron chi connectivity index (χ4n) is 13.3. The minimum atomic E-state index is -0.862. The first kappa shape index (κ1) is 47.0. The summed E-state index contributed by atoms with van der Waals surface area (Å²) in [7, 11) is 0. The van der Waals surface area contributed by atoms with Gasteiger partial charge in [0.25, 0.3) is 0 Å². The summed E-state index contributed by atoms with van der Waals surface area (Å²) in [5.41, 5.74) is 3.85. The fraction of sp³-hybridized carbons (Fsp3) is 0.600. The van der Waals surface area contributed by atoms with Gasteiger partial charge in [0.15, 0.2) is 0 Å². The Balaban J connectivity index is 0.000000970. The van der Waals surface area contributed by atoms with Gasteiger partial charge < -0.3 is 10.4 Å². The third kappa shape index (κ3) is 8.36. The molecule has 298 valence electrons. The molecule has 5 aliphatic carbocycles. The van der Waals surface area contributed by atoms with E-state index in [9.17, 15) is 14.7 Å². The summed E-state index contributed by atoms with van der Waals surface area (Å²) in [6.45, 7) is 21.7. The predicted molar refractivity (Wildman–Crippen MR) is 232 cm³/mol. The molecule has 1 aromatic rings. The van der Waals surface area contributed by atoms with Crippen molar-refractivity contribution in [3.8, 4) is 51.4 Å². The van der Waals surface area contributed by atoms with Gasteiger partial charge in [-0.3, -0.25) is 9.69 Å². The Kier molecular flexibility index (Phi) is 16.8. The van der Waals surface area contributed by atoms with Gasteiger partial charge in [-0.15, -0.1) is 64.5 Å². The number of nitrogens with one attached hydrogen (secondary N) is 1. The lowest BCUT2D eigenvalue weighted by atomic mass is 9.33. The lowest BCUT2D eigenvalue weighted by Crippen LogP contribution is -2.68. The quantitative estimate of drug-likeness (QED) is 0.233. The number of nitrogens with zero attached hydrogens (tertiary/aromatic N) is 1. The summed E-state index contributed by atoms with van der Waals surface area (Å²) in [4.78, 5) is 27.4. The number of carbonyl (C=O) groups is 2. The van der Waals surface area contributed by atoms with Crippen LogP contribution >= 0.6 is 0 Å². The molecular formula is C50H70N2O3. The lowest BCUT2D eigenvalue weighted by molar-refractivity contribution is -0.217. The van der Waals surface area contributed by atoms with Gasteiger partial charge in [0, 0.05) is 5.54 Å². The zero-order valence-electron chi connectivity index (χ0n) is 34.8. The first-order chi connectivity index (χ1) is 26.3. The number of carboxylic acid groups (broad SMARTS) is 1. The fourth-order valence-corrected chi connectivity index (χ4v) is 13.3. The van der Waals surface area contributed by atoms with Crippen LogP contribution in [0.15, 0.2) is 43.5 Å². The van der Waals surface area contributed by atoms with Crippen molar-refractivity contribution in [3.63, 3.8) is 0 Å². The highest BCUT2D eigenvalue weighted by molar-refractivity contribution is 5.88.